The second-order valence-electron chi connectivity index (χ2n) is 6.99. The monoisotopic (exact) mass is 272 g/mol. The van der Waals surface area contributed by atoms with E-state index in [1.807, 2.05) is 0 Å². The number of rotatable bonds is 3. The SMILES string of the molecule is CC(C)C1(CN2CCc3ccccc3CC2)CCNC1. The highest BCUT2D eigenvalue weighted by Gasteiger charge is 2.38. The van der Waals surface area contributed by atoms with Crippen molar-refractivity contribution in [3.05, 3.63) is 35.4 Å². The second kappa shape index (κ2) is 5.87. The first-order valence-electron chi connectivity index (χ1n) is 8.19. The third-order valence-corrected chi connectivity index (χ3v) is 5.55. The fourth-order valence-corrected chi connectivity index (χ4v) is 3.89. The number of nitrogens with zero attached hydrogens (tertiary/aromatic N) is 1. The Bertz CT molecular complexity index is 419. The summed E-state index contributed by atoms with van der Waals surface area (Å²) in [6, 6.07) is 9.00. The molecule has 2 nitrogen and oxygen atoms in total. The normalized spacial score (nSPS) is 27.6. The molecular formula is C18H28N2. The van der Waals surface area contributed by atoms with Gasteiger partial charge in [0.05, 0.1) is 0 Å². The van der Waals surface area contributed by atoms with E-state index in [9.17, 15) is 0 Å². The van der Waals surface area contributed by atoms with Gasteiger partial charge in [-0.15, -0.1) is 0 Å². The molecule has 0 saturated carbocycles. The van der Waals surface area contributed by atoms with Crippen molar-refractivity contribution in [2.45, 2.75) is 33.1 Å². The molecule has 3 rings (SSSR count). The van der Waals surface area contributed by atoms with E-state index in [2.05, 4.69) is 48.3 Å². The van der Waals surface area contributed by atoms with Gasteiger partial charge in [0.1, 0.15) is 0 Å². The fraction of sp³-hybridized carbons (Fsp3) is 0.667. The van der Waals surface area contributed by atoms with Gasteiger partial charge in [0.2, 0.25) is 0 Å². The minimum absolute atomic E-state index is 0.497. The average Bonchev–Trinajstić information content (AvgIpc) is 2.83. The van der Waals surface area contributed by atoms with Crippen molar-refractivity contribution in [1.82, 2.24) is 10.2 Å². The molecule has 1 fully saturated rings. The molecule has 0 bridgehead atoms. The van der Waals surface area contributed by atoms with E-state index in [1.54, 1.807) is 11.1 Å². The van der Waals surface area contributed by atoms with Gasteiger partial charge in [-0.05, 0) is 48.3 Å². The molecule has 0 aliphatic carbocycles. The summed E-state index contributed by atoms with van der Waals surface area (Å²) in [5, 5.41) is 3.59. The van der Waals surface area contributed by atoms with Gasteiger partial charge in [0.25, 0.3) is 0 Å². The van der Waals surface area contributed by atoms with Crippen LogP contribution in [0.1, 0.15) is 31.4 Å². The second-order valence-corrected chi connectivity index (χ2v) is 6.99. The van der Waals surface area contributed by atoms with Crippen molar-refractivity contribution < 1.29 is 0 Å². The zero-order valence-electron chi connectivity index (χ0n) is 13.0. The lowest BCUT2D eigenvalue weighted by Crippen LogP contribution is -2.43. The molecule has 0 aromatic heterocycles. The number of hydrogen-bond acceptors (Lipinski definition) is 2. The fourth-order valence-electron chi connectivity index (χ4n) is 3.89. The van der Waals surface area contributed by atoms with Crippen LogP contribution < -0.4 is 5.32 Å². The molecule has 20 heavy (non-hydrogen) atoms. The first kappa shape index (κ1) is 14.1. The Hall–Kier alpha value is -0.860. The van der Waals surface area contributed by atoms with Gasteiger partial charge in [-0.3, -0.25) is 0 Å². The van der Waals surface area contributed by atoms with Crippen LogP contribution in [0.5, 0.6) is 0 Å². The van der Waals surface area contributed by atoms with E-state index in [4.69, 9.17) is 0 Å². The first-order valence-corrected chi connectivity index (χ1v) is 8.19. The molecule has 0 spiro atoms. The van der Waals surface area contributed by atoms with E-state index in [-0.39, 0.29) is 0 Å². The van der Waals surface area contributed by atoms with E-state index in [1.165, 1.54) is 52.0 Å². The third kappa shape index (κ3) is 2.77. The number of benzene rings is 1. The summed E-state index contributed by atoms with van der Waals surface area (Å²) >= 11 is 0. The van der Waals surface area contributed by atoms with Gasteiger partial charge >= 0.3 is 0 Å². The Morgan fingerprint density at radius 3 is 2.30 bits per heavy atom. The lowest BCUT2D eigenvalue weighted by molar-refractivity contribution is 0.121. The van der Waals surface area contributed by atoms with Crippen LogP contribution in [0.2, 0.25) is 0 Å². The summed E-state index contributed by atoms with van der Waals surface area (Å²) in [5.74, 6) is 0.767. The van der Waals surface area contributed by atoms with Crippen LogP contribution in [0.3, 0.4) is 0 Å². The van der Waals surface area contributed by atoms with E-state index in [0.29, 0.717) is 5.41 Å². The lowest BCUT2D eigenvalue weighted by Gasteiger charge is -2.37. The number of hydrogen-bond donors (Lipinski definition) is 1. The molecule has 1 aromatic rings. The average molecular weight is 272 g/mol. The highest BCUT2D eigenvalue weighted by atomic mass is 15.1. The van der Waals surface area contributed by atoms with Crippen molar-refractivity contribution in [3.8, 4) is 0 Å². The summed E-state index contributed by atoms with van der Waals surface area (Å²) in [7, 11) is 0. The summed E-state index contributed by atoms with van der Waals surface area (Å²) in [4.78, 5) is 2.72. The van der Waals surface area contributed by atoms with Gasteiger partial charge in [0, 0.05) is 26.2 Å². The van der Waals surface area contributed by atoms with Crippen molar-refractivity contribution in [3.63, 3.8) is 0 Å². The van der Waals surface area contributed by atoms with Crippen LogP contribution in [0.4, 0.5) is 0 Å². The van der Waals surface area contributed by atoms with Crippen LogP contribution in [0.15, 0.2) is 24.3 Å². The molecule has 0 radical (unpaired) electrons. The molecule has 110 valence electrons. The van der Waals surface area contributed by atoms with E-state index in [0.717, 1.165) is 5.92 Å². The molecule has 1 unspecified atom stereocenters. The number of nitrogens with one attached hydrogen (secondary N) is 1. The lowest BCUT2D eigenvalue weighted by atomic mass is 9.76. The van der Waals surface area contributed by atoms with E-state index >= 15 is 0 Å². The molecule has 1 N–H and O–H groups in total. The van der Waals surface area contributed by atoms with Crippen LogP contribution in [0, 0.1) is 11.3 Å². The Morgan fingerprint density at radius 2 is 1.80 bits per heavy atom. The van der Waals surface area contributed by atoms with Crippen LogP contribution in [0.25, 0.3) is 0 Å². The minimum Gasteiger partial charge on any atom is -0.316 e. The summed E-state index contributed by atoms with van der Waals surface area (Å²) in [6.45, 7) is 10.9. The highest BCUT2D eigenvalue weighted by molar-refractivity contribution is 5.28. The smallest absolute Gasteiger partial charge is 0.00533 e. The van der Waals surface area contributed by atoms with Crippen molar-refractivity contribution in [2.75, 3.05) is 32.7 Å². The van der Waals surface area contributed by atoms with Crippen molar-refractivity contribution >= 4 is 0 Å². The Labute approximate surface area is 123 Å². The van der Waals surface area contributed by atoms with Crippen molar-refractivity contribution in [1.29, 1.82) is 0 Å². The Morgan fingerprint density at radius 1 is 1.15 bits per heavy atom. The molecule has 1 saturated heterocycles. The van der Waals surface area contributed by atoms with Gasteiger partial charge in [-0.2, -0.15) is 0 Å². The minimum atomic E-state index is 0.497. The van der Waals surface area contributed by atoms with Crippen LogP contribution in [-0.2, 0) is 12.8 Å². The molecule has 1 aromatic carbocycles. The van der Waals surface area contributed by atoms with Gasteiger partial charge in [-0.25, -0.2) is 0 Å². The summed E-state index contributed by atoms with van der Waals surface area (Å²) < 4.78 is 0. The standard InChI is InChI=1S/C18H28N2/c1-15(2)18(9-10-19-13-18)14-20-11-7-16-5-3-4-6-17(16)8-12-20/h3-6,15,19H,7-14H2,1-2H3. The third-order valence-electron chi connectivity index (χ3n) is 5.55. The molecule has 0 amide bonds. The first-order chi connectivity index (χ1) is 9.70. The van der Waals surface area contributed by atoms with Gasteiger partial charge in [-0.1, -0.05) is 38.1 Å². The Kier molecular flexibility index (Phi) is 4.13. The van der Waals surface area contributed by atoms with Crippen LogP contribution in [-0.4, -0.2) is 37.6 Å². The molecule has 2 aliphatic heterocycles. The maximum Gasteiger partial charge on any atom is 0.00533 e. The van der Waals surface area contributed by atoms with Crippen molar-refractivity contribution in [2.24, 2.45) is 11.3 Å². The van der Waals surface area contributed by atoms with E-state index < -0.39 is 0 Å². The Balaban J connectivity index is 1.68. The number of fused-ring (bicyclic) bond motifs is 1. The quantitative estimate of drug-likeness (QED) is 0.910. The summed E-state index contributed by atoms with van der Waals surface area (Å²) in [6.07, 6.45) is 3.78. The zero-order chi connectivity index (χ0) is 14.0. The molecule has 1 atom stereocenters. The maximum absolute atomic E-state index is 3.59. The predicted octanol–water partition coefficient (Wildman–Crippen LogP) is 2.72. The molecule has 2 heterocycles. The highest BCUT2D eigenvalue weighted by Crippen LogP contribution is 2.35. The molecule has 2 heteroatoms. The largest absolute Gasteiger partial charge is 0.316 e. The maximum atomic E-state index is 3.59. The molecular weight excluding hydrogens is 244 g/mol. The van der Waals surface area contributed by atoms with Gasteiger partial charge in [0.15, 0.2) is 0 Å². The van der Waals surface area contributed by atoms with Crippen LogP contribution >= 0.6 is 0 Å². The zero-order valence-corrected chi connectivity index (χ0v) is 13.0. The van der Waals surface area contributed by atoms with Gasteiger partial charge < -0.3 is 10.2 Å². The predicted molar refractivity (Wildman–Crippen MR) is 85.0 cm³/mol. The summed E-state index contributed by atoms with van der Waals surface area (Å²) in [5.41, 5.74) is 3.63. The topological polar surface area (TPSA) is 15.3 Å². The molecule has 2 aliphatic rings.